The Morgan fingerprint density at radius 3 is 2.78 bits per heavy atom. The Hall–Kier alpha value is -1.13. The highest BCUT2D eigenvalue weighted by Crippen LogP contribution is 2.14. The third-order valence-corrected chi connectivity index (χ3v) is 2.70. The first-order chi connectivity index (χ1) is 8.77. The topological polar surface area (TPSA) is 43.4 Å². The van der Waals surface area contributed by atoms with E-state index in [1.165, 1.54) is 5.56 Å². The van der Waals surface area contributed by atoms with Gasteiger partial charge in [0.2, 0.25) is 5.88 Å². The lowest BCUT2D eigenvalue weighted by molar-refractivity contribution is 0.170. The largest absolute Gasteiger partial charge is 0.478 e. The van der Waals surface area contributed by atoms with Crippen LogP contribution in [0.5, 0.6) is 5.88 Å². The van der Waals surface area contributed by atoms with Crippen molar-refractivity contribution in [3.8, 4) is 5.88 Å². The number of pyridine rings is 1. The monoisotopic (exact) mass is 252 g/mol. The van der Waals surface area contributed by atoms with Crippen molar-refractivity contribution in [1.29, 1.82) is 0 Å². The van der Waals surface area contributed by atoms with E-state index < -0.39 is 0 Å². The molecule has 4 nitrogen and oxygen atoms in total. The van der Waals surface area contributed by atoms with Crippen LogP contribution in [0.25, 0.3) is 0 Å². The SMILES string of the molecule is CCCNC(C)c1ccc(OCCCOC)nc1. The van der Waals surface area contributed by atoms with Crippen LogP contribution in [0, 0.1) is 0 Å². The van der Waals surface area contributed by atoms with Crippen molar-refractivity contribution >= 4 is 0 Å². The second-order valence-corrected chi connectivity index (χ2v) is 4.30. The van der Waals surface area contributed by atoms with Crippen molar-refractivity contribution in [3.63, 3.8) is 0 Å². The Kier molecular flexibility index (Phi) is 7.37. The van der Waals surface area contributed by atoms with Gasteiger partial charge in [-0.05, 0) is 25.5 Å². The Morgan fingerprint density at radius 2 is 2.17 bits per heavy atom. The van der Waals surface area contributed by atoms with E-state index >= 15 is 0 Å². The highest BCUT2D eigenvalue weighted by Gasteiger charge is 2.04. The predicted octanol–water partition coefficient (Wildman–Crippen LogP) is 2.56. The molecule has 1 atom stereocenters. The van der Waals surface area contributed by atoms with Gasteiger partial charge in [-0.2, -0.15) is 0 Å². The third-order valence-electron chi connectivity index (χ3n) is 2.70. The Balaban J connectivity index is 2.37. The van der Waals surface area contributed by atoms with Gasteiger partial charge in [0, 0.05) is 38.4 Å². The summed E-state index contributed by atoms with van der Waals surface area (Å²) in [7, 11) is 1.69. The molecule has 0 radical (unpaired) electrons. The molecule has 0 saturated carbocycles. The second-order valence-electron chi connectivity index (χ2n) is 4.30. The molecular formula is C14H24N2O2. The number of rotatable bonds is 9. The van der Waals surface area contributed by atoms with Crippen LogP contribution in [0.15, 0.2) is 18.3 Å². The van der Waals surface area contributed by atoms with Crippen molar-refractivity contribution in [1.82, 2.24) is 10.3 Å². The van der Waals surface area contributed by atoms with Gasteiger partial charge in [0.1, 0.15) is 0 Å². The first-order valence-electron chi connectivity index (χ1n) is 6.59. The lowest BCUT2D eigenvalue weighted by Crippen LogP contribution is -2.19. The number of nitrogens with zero attached hydrogens (tertiary/aromatic N) is 1. The van der Waals surface area contributed by atoms with Crippen LogP contribution in [0.3, 0.4) is 0 Å². The Bertz CT molecular complexity index is 314. The first-order valence-corrected chi connectivity index (χ1v) is 6.59. The molecule has 1 rings (SSSR count). The average molecular weight is 252 g/mol. The van der Waals surface area contributed by atoms with Crippen LogP contribution in [-0.2, 0) is 4.74 Å². The average Bonchev–Trinajstić information content (AvgIpc) is 2.41. The number of hydrogen-bond donors (Lipinski definition) is 1. The van der Waals surface area contributed by atoms with Crippen LogP contribution in [0.1, 0.15) is 38.3 Å². The summed E-state index contributed by atoms with van der Waals surface area (Å²) in [5, 5.41) is 3.43. The minimum atomic E-state index is 0.333. The zero-order chi connectivity index (χ0) is 13.2. The van der Waals surface area contributed by atoms with Crippen LogP contribution in [0.4, 0.5) is 0 Å². The maximum Gasteiger partial charge on any atom is 0.213 e. The summed E-state index contributed by atoms with van der Waals surface area (Å²) in [5.41, 5.74) is 1.19. The van der Waals surface area contributed by atoms with E-state index in [-0.39, 0.29) is 0 Å². The van der Waals surface area contributed by atoms with Crippen molar-refractivity contribution in [2.75, 3.05) is 26.9 Å². The predicted molar refractivity (Wildman–Crippen MR) is 72.9 cm³/mol. The Labute approximate surface area is 110 Å². The number of methoxy groups -OCH3 is 1. The summed E-state index contributed by atoms with van der Waals surface area (Å²) in [6, 6.07) is 4.32. The highest BCUT2D eigenvalue weighted by atomic mass is 16.5. The molecule has 1 unspecified atom stereocenters. The van der Waals surface area contributed by atoms with Gasteiger partial charge in [-0.3, -0.25) is 0 Å². The molecule has 0 fully saturated rings. The van der Waals surface area contributed by atoms with Crippen molar-refractivity contribution in [2.45, 2.75) is 32.7 Å². The van der Waals surface area contributed by atoms with Crippen molar-refractivity contribution < 1.29 is 9.47 Å². The molecule has 4 heteroatoms. The molecule has 102 valence electrons. The molecular weight excluding hydrogens is 228 g/mol. The molecule has 0 aromatic carbocycles. The zero-order valence-corrected chi connectivity index (χ0v) is 11.6. The van der Waals surface area contributed by atoms with Crippen molar-refractivity contribution in [3.05, 3.63) is 23.9 Å². The van der Waals surface area contributed by atoms with E-state index in [2.05, 4.69) is 30.2 Å². The highest BCUT2D eigenvalue weighted by molar-refractivity contribution is 5.20. The smallest absolute Gasteiger partial charge is 0.213 e. The molecule has 0 aliphatic carbocycles. The van der Waals surface area contributed by atoms with Crippen LogP contribution in [-0.4, -0.2) is 31.9 Å². The quantitative estimate of drug-likeness (QED) is 0.686. The summed E-state index contributed by atoms with van der Waals surface area (Å²) >= 11 is 0. The number of ether oxygens (including phenoxy) is 2. The number of nitrogens with one attached hydrogen (secondary N) is 1. The van der Waals surface area contributed by atoms with Crippen molar-refractivity contribution in [2.24, 2.45) is 0 Å². The van der Waals surface area contributed by atoms with E-state index in [9.17, 15) is 0 Å². The molecule has 0 spiro atoms. The van der Waals surface area contributed by atoms with E-state index in [4.69, 9.17) is 9.47 Å². The maximum absolute atomic E-state index is 5.51. The fraction of sp³-hybridized carbons (Fsp3) is 0.643. The fourth-order valence-corrected chi connectivity index (χ4v) is 1.59. The zero-order valence-electron chi connectivity index (χ0n) is 11.6. The van der Waals surface area contributed by atoms with Gasteiger partial charge in [-0.15, -0.1) is 0 Å². The molecule has 1 heterocycles. The lowest BCUT2D eigenvalue weighted by Gasteiger charge is -2.13. The molecule has 0 bridgehead atoms. The summed E-state index contributed by atoms with van der Waals surface area (Å²) in [6.07, 6.45) is 3.89. The van der Waals surface area contributed by atoms with Gasteiger partial charge in [-0.1, -0.05) is 13.0 Å². The summed E-state index contributed by atoms with van der Waals surface area (Å²) < 4.78 is 10.5. The fourth-order valence-electron chi connectivity index (χ4n) is 1.59. The Morgan fingerprint density at radius 1 is 1.33 bits per heavy atom. The van der Waals surface area contributed by atoms with Crippen LogP contribution in [0.2, 0.25) is 0 Å². The molecule has 1 N–H and O–H groups in total. The van der Waals surface area contributed by atoms with Gasteiger partial charge in [-0.25, -0.2) is 4.98 Å². The summed E-state index contributed by atoms with van der Waals surface area (Å²) in [4.78, 5) is 4.30. The molecule has 1 aromatic rings. The van der Waals surface area contributed by atoms with Gasteiger partial charge in [0.05, 0.1) is 6.61 Å². The van der Waals surface area contributed by atoms with Gasteiger partial charge >= 0.3 is 0 Å². The molecule has 0 saturated heterocycles. The molecule has 0 amide bonds. The van der Waals surface area contributed by atoms with E-state index in [1.54, 1.807) is 7.11 Å². The van der Waals surface area contributed by atoms with Gasteiger partial charge in [0.15, 0.2) is 0 Å². The lowest BCUT2D eigenvalue weighted by atomic mass is 10.1. The minimum absolute atomic E-state index is 0.333. The molecule has 0 aliphatic rings. The van der Waals surface area contributed by atoms with E-state index in [1.807, 2.05) is 12.3 Å². The van der Waals surface area contributed by atoms with Gasteiger partial charge < -0.3 is 14.8 Å². The standard InChI is InChI=1S/C14H24N2O2/c1-4-8-15-12(2)13-6-7-14(16-11-13)18-10-5-9-17-3/h6-7,11-12,15H,4-5,8-10H2,1-3H3. The third kappa shape index (κ3) is 5.47. The van der Waals surface area contributed by atoms with Gasteiger partial charge in [0.25, 0.3) is 0 Å². The first kappa shape index (κ1) is 14.9. The molecule has 18 heavy (non-hydrogen) atoms. The normalized spacial score (nSPS) is 12.4. The number of aromatic nitrogens is 1. The van der Waals surface area contributed by atoms with Crippen LogP contribution < -0.4 is 10.1 Å². The molecule has 1 aromatic heterocycles. The maximum atomic E-state index is 5.51. The number of hydrogen-bond acceptors (Lipinski definition) is 4. The van der Waals surface area contributed by atoms with E-state index in [0.29, 0.717) is 18.5 Å². The minimum Gasteiger partial charge on any atom is -0.478 e. The second kappa shape index (κ2) is 8.89. The summed E-state index contributed by atoms with van der Waals surface area (Å²) in [5.74, 6) is 0.678. The summed E-state index contributed by atoms with van der Waals surface area (Å²) in [6.45, 7) is 6.69. The van der Waals surface area contributed by atoms with Crippen LogP contribution >= 0.6 is 0 Å². The molecule has 0 aliphatic heterocycles. The van der Waals surface area contributed by atoms with E-state index in [0.717, 1.165) is 26.0 Å².